The first-order chi connectivity index (χ1) is 8.12. The molecule has 0 fully saturated rings. The van der Waals surface area contributed by atoms with Crippen LogP contribution in [-0.2, 0) is 10.4 Å². The lowest BCUT2D eigenvalue weighted by Crippen LogP contribution is -2.38. The van der Waals surface area contributed by atoms with Crippen molar-refractivity contribution in [2.24, 2.45) is 11.5 Å². The van der Waals surface area contributed by atoms with Gasteiger partial charge in [0.2, 0.25) is 0 Å². The van der Waals surface area contributed by atoms with Crippen LogP contribution in [0.4, 0.5) is 0 Å². The van der Waals surface area contributed by atoms with E-state index < -0.39 is 10.4 Å². The highest BCUT2D eigenvalue weighted by molar-refractivity contribution is 7.79. The van der Waals surface area contributed by atoms with Crippen LogP contribution in [0.3, 0.4) is 0 Å². The van der Waals surface area contributed by atoms with Gasteiger partial charge in [0.1, 0.15) is 0 Å². The molecule has 0 rings (SSSR count). The van der Waals surface area contributed by atoms with Crippen LogP contribution in [0.1, 0.15) is 0 Å². The maximum absolute atomic E-state index is 8.52. The first-order valence-electron chi connectivity index (χ1n) is 5.80. The SMILES string of the molecule is C[N+](C)(C)CCN.C[N+](C)(C)CCN.O=S(=O)([O-])[O-]. The monoisotopic (exact) mass is 302 g/mol. The third kappa shape index (κ3) is 73.5. The van der Waals surface area contributed by atoms with Crippen LogP contribution in [0.5, 0.6) is 0 Å². The summed E-state index contributed by atoms with van der Waals surface area (Å²) < 4.78 is 36.0. The lowest BCUT2D eigenvalue weighted by atomic mass is 10.5. The second-order valence-electron chi connectivity index (χ2n) is 6.01. The van der Waals surface area contributed by atoms with Crippen molar-refractivity contribution in [3.63, 3.8) is 0 Å². The van der Waals surface area contributed by atoms with Gasteiger partial charge in [-0.15, -0.1) is 0 Å². The van der Waals surface area contributed by atoms with Gasteiger partial charge in [0.15, 0.2) is 0 Å². The lowest BCUT2D eigenvalue weighted by Gasteiger charge is -2.22. The summed E-state index contributed by atoms with van der Waals surface area (Å²) in [6.07, 6.45) is 0. The van der Waals surface area contributed by atoms with E-state index in [9.17, 15) is 0 Å². The Morgan fingerprint density at radius 3 is 0.947 bits per heavy atom. The summed E-state index contributed by atoms with van der Waals surface area (Å²) in [6.45, 7) is 3.67. The van der Waals surface area contributed by atoms with Crippen LogP contribution in [0, 0.1) is 0 Å². The highest BCUT2D eigenvalue weighted by atomic mass is 32.3. The molecule has 0 aromatic carbocycles. The summed E-state index contributed by atoms with van der Waals surface area (Å²) in [4.78, 5) is 0. The maximum atomic E-state index is 8.52. The van der Waals surface area contributed by atoms with Crippen molar-refractivity contribution >= 4 is 10.4 Å². The standard InChI is InChI=1S/2C5H15N2.H2O4S/c2*1-7(2,3)5-4-6;1-5(2,3)4/h2*4-6H2,1-3H3;(H2,1,2,3,4)/q2*+1;/p-2. The van der Waals surface area contributed by atoms with Crippen molar-refractivity contribution in [1.29, 1.82) is 0 Å². The van der Waals surface area contributed by atoms with Crippen molar-refractivity contribution < 1.29 is 26.5 Å². The molecule has 9 heteroatoms. The van der Waals surface area contributed by atoms with E-state index in [0.717, 1.165) is 35.1 Å². The fourth-order valence-electron chi connectivity index (χ4n) is 0.775. The van der Waals surface area contributed by atoms with E-state index in [4.69, 9.17) is 29.0 Å². The summed E-state index contributed by atoms with van der Waals surface area (Å²) in [5, 5.41) is 0. The fourth-order valence-corrected chi connectivity index (χ4v) is 0.775. The third-order valence-electron chi connectivity index (χ3n) is 1.60. The van der Waals surface area contributed by atoms with Crippen LogP contribution >= 0.6 is 0 Å². The molecule has 0 saturated carbocycles. The van der Waals surface area contributed by atoms with E-state index in [1.165, 1.54) is 0 Å². The minimum absolute atomic E-state index is 0.781. The lowest BCUT2D eigenvalue weighted by molar-refractivity contribution is -0.868. The predicted octanol–water partition coefficient (Wildman–Crippen LogP) is -2.04. The topological polar surface area (TPSA) is 132 Å². The molecule has 0 atom stereocenters. The molecule has 4 N–H and O–H groups in total. The Morgan fingerprint density at radius 1 is 0.789 bits per heavy atom. The van der Waals surface area contributed by atoms with Crippen molar-refractivity contribution in [3.05, 3.63) is 0 Å². The zero-order valence-corrected chi connectivity index (χ0v) is 13.7. The molecule has 0 aliphatic carbocycles. The highest BCUT2D eigenvalue weighted by Crippen LogP contribution is 1.84. The number of hydrogen-bond donors (Lipinski definition) is 2. The molecular weight excluding hydrogens is 272 g/mol. The minimum Gasteiger partial charge on any atom is -0.759 e. The van der Waals surface area contributed by atoms with Crippen LogP contribution in [0.25, 0.3) is 0 Å². The van der Waals surface area contributed by atoms with E-state index in [0.29, 0.717) is 0 Å². The molecule has 0 aliphatic heterocycles. The van der Waals surface area contributed by atoms with Gasteiger partial charge >= 0.3 is 0 Å². The predicted molar refractivity (Wildman–Crippen MR) is 74.4 cm³/mol. The molecule has 120 valence electrons. The zero-order chi connectivity index (χ0) is 16.3. The van der Waals surface area contributed by atoms with Crippen LogP contribution in [0.2, 0.25) is 0 Å². The molecule has 19 heavy (non-hydrogen) atoms. The van der Waals surface area contributed by atoms with Gasteiger partial charge < -0.3 is 29.5 Å². The van der Waals surface area contributed by atoms with E-state index in [2.05, 4.69) is 42.3 Å². The third-order valence-corrected chi connectivity index (χ3v) is 1.60. The van der Waals surface area contributed by atoms with E-state index in [1.54, 1.807) is 0 Å². The highest BCUT2D eigenvalue weighted by Gasteiger charge is 2.02. The second kappa shape index (κ2) is 10.5. The van der Waals surface area contributed by atoms with Crippen molar-refractivity contribution in [2.75, 3.05) is 68.5 Å². The van der Waals surface area contributed by atoms with Gasteiger partial charge in [-0.25, -0.2) is 0 Å². The molecule has 0 spiro atoms. The molecule has 0 bridgehead atoms. The van der Waals surface area contributed by atoms with Crippen molar-refractivity contribution in [1.82, 2.24) is 0 Å². The first-order valence-corrected chi connectivity index (χ1v) is 7.13. The number of nitrogens with zero attached hydrogens (tertiary/aromatic N) is 2. The average Bonchev–Trinajstić information content (AvgIpc) is 1.95. The van der Waals surface area contributed by atoms with Gasteiger partial charge in [-0.05, 0) is 0 Å². The number of rotatable bonds is 4. The summed E-state index contributed by atoms with van der Waals surface area (Å²) in [5.41, 5.74) is 10.6. The Labute approximate surface area is 117 Å². The van der Waals surface area contributed by atoms with Gasteiger partial charge in [-0.1, -0.05) is 0 Å². The van der Waals surface area contributed by atoms with Gasteiger partial charge in [-0.2, -0.15) is 0 Å². The molecule has 0 heterocycles. The molecule has 0 amide bonds. The second-order valence-corrected chi connectivity index (χ2v) is 6.83. The molecule has 8 nitrogen and oxygen atoms in total. The molecular formula is C10H30N4O4S. The Hall–Kier alpha value is -0.290. The van der Waals surface area contributed by atoms with Crippen LogP contribution in [0.15, 0.2) is 0 Å². The molecule has 0 saturated heterocycles. The minimum atomic E-state index is -5.17. The summed E-state index contributed by atoms with van der Waals surface area (Å²) >= 11 is 0. The van der Waals surface area contributed by atoms with Gasteiger partial charge in [0, 0.05) is 23.5 Å². The Morgan fingerprint density at radius 2 is 0.947 bits per heavy atom. The van der Waals surface area contributed by atoms with Crippen LogP contribution < -0.4 is 11.5 Å². The molecule has 0 aliphatic rings. The van der Waals surface area contributed by atoms with Crippen molar-refractivity contribution in [2.45, 2.75) is 0 Å². The quantitative estimate of drug-likeness (QED) is 0.349. The van der Waals surface area contributed by atoms with Gasteiger partial charge in [0.05, 0.1) is 55.4 Å². The van der Waals surface area contributed by atoms with Crippen LogP contribution in [-0.4, -0.2) is 95.0 Å². The normalized spacial score (nSPS) is 11.9. The molecule has 0 aromatic rings. The first kappa shape index (κ1) is 23.8. The Balaban J connectivity index is -0.000000206. The Bertz CT molecular complexity index is 270. The molecule has 0 aromatic heterocycles. The maximum Gasteiger partial charge on any atom is 0.0905 e. The van der Waals surface area contributed by atoms with Crippen molar-refractivity contribution in [3.8, 4) is 0 Å². The summed E-state index contributed by atoms with van der Waals surface area (Å²) in [6, 6.07) is 0. The van der Waals surface area contributed by atoms with Gasteiger partial charge in [0.25, 0.3) is 0 Å². The van der Waals surface area contributed by atoms with Gasteiger partial charge in [-0.3, -0.25) is 8.42 Å². The van der Waals surface area contributed by atoms with E-state index >= 15 is 0 Å². The fraction of sp³-hybridized carbons (Fsp3) is 1.00. The molecule has 0 radical (unpaired) electrons. The number of quaternary nitrogens is 2. The summed E-state index contributed by atoms with van der Waals surface area (Å²) in [5.74, 6) is 0. The number of hydrogen-bond acceptors (Lipinski definition) is 6. The largest absolute Gasteiger partial charge is 0.759 e. The average molecular weight is 302 g/mol. The zero-order valence-electron chi connectivity index (χ0n) is 12.9. The summed E-state index contributed by atoms with van der Waals surface area (Å²) in [7, 11) is 7.62. The molecule has 0 unspecified atom stereocenters. The number of nitrogens with two attached hydrogens (primary N) is 2. The Kier molecular flexibility index (Phi) is 13.1. The van der Waals surface area contributed by atoms with E-state index in [-0.39, 0.29) is 0 Å². The smallest absolute Gasteiger partial charge is 0.0905 e. The number of likely N-dealkylation sites (N-methyl/N-ethyl adjacent to an activating group) is 2. The van der Waals surface area contributed by atoms with E-state index in [1.807, 2.05) is 0 Å².